The average molecular weight is 463 g/mol. The quantitative estimate of drug-likeness (QED) is 0.404. The van der Waals surface area contributed by atoms with Crippen LogP contribution in [-0.4, -0.2) is 66.3 Å². The monoisotopic (exact) mass is 462 g/mol. The fraction of sp³-hybridized carbons (Fsp3) is 0.400. The molecule has 4 rings (SSSR count). The molecule has 0 radical (unpaired) electrons. The summed E-state index contributed by atoms with van der Waals surface area (Å²) in [5, 5.41) is 64.4. The summed E-state index contributed by atoms with van der Waals surface area (Å²) in [6, 6.07) is 6.63. The van der Waals surface area contributed by atoms with E-state index in [0.717, 1.165) is 24.3 Å². The molecule has 30 heavy (non-hydrogen) atoms. The molecule has 7 atom stereocenters. The van der Waals surface area contributed by atoms with Crippen LogP contribution >= 0.6 is 23.2 Å². The first-order chi connectivity index (χ1) is 14.0. The van der Waals surface area contributed by atoms with E-state index < -0.39 is 59.1 Å². The van der Waals surface area contributed by atoms with Crippen LogP contribution in [0.15, 0.2) is 36.4 Å². The molecule has 2 saturated carbocycles. The molecule has 0 spiro atoms. The van der Waals surface area contributed by atoms with Gasteiger partial charge in [0.2, 0.25) is 0 Å². The average Bonchev–Trinajstić information content (AvgIpc) is 2.69. The van der Waals surface area contributed by atoms with E-state index in [2.05, 4.69) is 0 Å². The predicted molar refractivity (Wildman–Crippen MR) is 102 cm³/mol. The van der Waals surface area contributed by atoms with Gasteiger partial charge in [-0.15, -0.1) is 0 Å². The second-order valence-electron chi connectivity index (χ2n) is 7.80. The SMILES string of the molecule is OC[C@@H](O)[C@]1(O)C(c2ccc(Cl)cc2F)[C@]2(O)C(O)C(c3ccc(Cl)cc3F)[C@@]21O. The molecule has 0 aliphatic heterocycles. The molecule has 162 valence electrons. The van der Waals surface area contributed by atoms with Crippen molar-refractivity contribution < 1.29 is 39.4 Å². The molecular weight excluding hydrogens is 445 g/mol. The van der Waals surface area contributed by atoms with Crippen LogP contribution in [-0.2, 0) is 0 Å². The highest BCUT2D eigenvalue weighted by atomic mass is 35.5. The van der Waals surface area contributed by atoms with Crippen molar-refractivity contribution in [3.63, 3.8) is 0 Å². The zero-order valence-corrected chi connectivity index (χ0v) is 16.7. The van der Waals surface area contributed by atoms with Gasteiger partial charge in [-0.25, -0.2) is 8.78 Å². The van der Waals surface area contributed by atoms with Crippen LogP contribution in [0.25, 0.3) is 0 Å². The number of fused-ring (bicyclic) bond motifs is 1. The van der Waals surface area contributed by atoms with Crippen molar-refractivity contribution in [3.05, 3.63) is 69.2 Å². The lowest BCUT2D eigenvalue weighted by atomic mass is 9.30. The lowest BCUT2D eigenvalue weighted by Crippen LogP contribution is -2.99. The molecule has 2 aromatic rings. The Balaban J connectivity index is 1.89. The lowest BCUT2D eigenvalue weighted by molar-refractivity contribution is -0.459. The first kappa shape index (κ1) is 21.9. The molecule has 3 unspecified atom stereocenters. The minimum Gasteiger partial charge on any atom is -0.394 e. The van der Waals surface area contributed by atoms with Gasteiger partial charge < -0.3 is 30.6 Å². The maximum Gasteiger partial charge on any atom is 0.138 e. The third kappa shape index (κ3) is 2.33. The van der Waals surface area contributed by atoms with Gasteiger partial charge in [0.05, 0.1) is 24.5 Å². The van der Waals surface area contributed by atoms with Crippen molar-refractivity contribution in [1.29, 1.82) is 0 Å². The Morgan fingerprint density at radius 3 is 1.90 bits per heavy atom. The third-order valence-electron chi connectivity index (χ3n) is 6.57. The van der Waals surface area contributed by atoms with Gasteiger partial charge in [-0.3, -0.25) is 0 Å². The van der Waals surface area contributed by atoms with Crippen LogP contribution in [0, 0.1) is 11.6 Å². The van der Waals surface area contributed by atoms with Gasteiger partial charge in [0.25, 0.3) is 0 Å². The Kier molecular flexibility index (Phi) is 4.97. The van der Waals surface area contributed by atoms with E-state index in [1.54, 1.807) is 0 Å². The Labute approximate surface area is 179 Å². The molecule has 6 N–H and O–H groups in total. The van der Waals surface area contributed by atoms with E-state index in [-0.39, 0.29) is 21.2 Å². The lowest BCUT2D eigenvalue weighted by Gasteiger charge is -2.80. The number of halogens is 4. The van der Waals surface area contributed by atoms with Gasteiger partial charge in [-0.05, 0) is 35.4 Å². The summed E-state index contributed by atoms with van der Waals surface area (Å²) >= 11 is 11.5. The zero-order valence-electron chi connectivity index (χ0n) is 15.2. The first-order valence-electron chi connectivity index (χ1n) is 9.00. The summed E-state index contributed by atoms with van der Waals surface area (Å²) < 4.78 is 29.1. The highest BCUT2D eigenvalue weighted by Gasteiger charge is 2.94. The minimum atomic E-state index is -2.73. The highest BCUT2D eigenvalue weighted by Crippen LogP contribution is 2.75. The van der Waals surface area contributed by atoms with E-state index in [9.17, 15) is 39.4 Å². The Morgan fingerprint density at radius 1 is 0.933 bits per heavy atom. The van der Waals surface area contributed by atoms with Crippen molar-refractivity contribution in [2.45, 2.75) is 40.8 Å². The van der Waals surface area contributed by atoms with E-state index in [0.29, 0.717) is 0 Å². The molecule has 2 aliphatic rings. The summed E-state index contributed by atoms with van der Waals surface area (Å²) in [4.78, 5) is 0. The van der Waals surface area contributed by atoms with Crippen LogP contribution in [0.3, 0.4) is 0 Å². The van der Waals surface area contributed by atoms with Crippen LogP contribution in [0.1, 0.15) is 23.0 Å². The van der Waals surface area contributed by atoms with Crippen molar-refractivity contribution in [2.24, 2.45) is 0 Å². The standard InChI is InChI=1S/C20H18Cl2F2O6/c21-8-1-3-10(12(23)5-8)15-17(27)19(29)16(11-4-2-9(22)6-13(11)24)18(28,14(26)7-25)20(15,19)30/h1-6,14-17,25-30H,7H2/t14-,15?,16?,17?,18+,19+,20+/m1/s1. The molecule has 2 aromatic carbocycles. The van der Waals surface area contributed by atoms with Gasteiger partial charge in [0, 0.05) is 10.0 Å². The summed E-state index contributed by atoms with van der Waals surface area (Å²) in [5.41, 5.74) is -8.63. The minimum absolute atomic E-state index is 0.0133. The molecule has 0 saturated heterocycles. The van der Waals surface area contributed by atoms with Crippen LogP contribution < -0.4 is 0 Å². The fourth-order valence-corrected chi connectivity index (χ4v) is 5.56. The van der Waals surface area contributed by atoms with Crippen LogP contribution in [0.4, 0.5) is 8.78 Å². The Hall–Kier alpha value is -1.36. The maximum atomic E-state index is 14.6. The Bertz CT molecular complexity index is 1020. The first-order valence-corrected chi connectivity index (χ1v) is 9.75. The van der Waals surface area contributed by atoms with Gasteiger partial charge >= 0.3 is 0 Å². The molecule has 2 fully saturated rings. The third-order valence-corrected chi connectivity index (χ3v) is 7.04. The molecule has 2 aliphatic carbocycles. The highest BCUT2D eigenvalue weighted by molar-refractivity contribution is 6.30. The molecule has 0 heterocycles. The molecule has 6 nitrogen and oxygen atoms in total. The van der Waals surface area contributed by atoms with Crippen molar-refractivity contribution in [3.8, 4) is 0 Å². The van der Waals surface area contributed by atoms with E-state index >= 15 is 0 Å². The summed E-state index contributed by atoms with van der Waals surface area (Å²) in [6.07, 6.45) is -3.90. The summed E-state index contributed by atoms with van der Waals surface area (Å²) in [5.74, 6) is -5.25. The topological polar surface area (TPSA) is 121 Å². The van der Waals surface area contributed by atoms with Gasteiger partial charge in [0.1, 0.15) is 34.5 Å². The fourth-order valence-electron chi connectivity index (χ4n) is 5.24. The number of aliphatic hydroxyl groups excluding tert-OH is 3. The smallest absolute Gasteiger partial charge is 0.138 e. The van der Waals surface area contributed by atoms with Gasteiger partial charge in [-0.1, -0.05) is 35.3 Å². The number of rotatable bonds is 4. The van der Waals surface area contributed by atoms with Crippen molar-refractivity contribution >= 4 is 23.2 Å². The van der Waals surface area contributed by atoms with E-state index in [1.165, 1.54) is 12.1 Å². The molecule has 10 heteroatoms. The molecule has 0 bridgehead atoms. The second-order valence-corrected chi connectivity index (χ2v) is 8.68. The molecule has 0 aromatic heterocycles. The largest absolute Gasteiger partial charge is 0.394 e. The van der Waals surface area contributed by atoms with E-state index in [1.807, 2.05) is 0 Å². The number of aliphatic hydroxyl groups is 6. The van der Waals surface area contributed by atoms with Crippen LogP contribution in [0.5, 0.6) is 0 Å². The van der Waals surface area contributed by atoms with Crippen LogP contribution in [0.2, 0.25) is 10.0 Å². The summed E-state index contributed by atoms with van der Waals surface area (Å²) in [7, 11) is 0. The van der Waals surface area contributed by atoms with Crippen molar-refractivity contribution in [1.82, 2.24) is 0 Å². The number of benzene rings is 2. The number of hydrogen-bond acceptors (Lipinski definition) is 6. The maximum absolute atomic E-state index is 14.6. The second kappa shape index (κ2) is 6.82. The zero-order chi connectivity index (χ0) is 22.2. The van der Waals surface area contributed by atoms with Crippen molar-refractivity contribution in [2.75, 3.05) is 6.61 Å². The normalized spacial score (nSPS) is 38.4. The van der Waals surface area contributed by atoms with E-state index in [4.69, 9.17) is 23.2 Å². The molecule has 0 amide bonds. The summed E-state index contributed by atoms with van der Waals surface area (Å²) in [6.45, 7) is -1.06. The van der Waals surface area contributed by atoms with Gasteiger partial charge in [-0.2, -0.15) is 0 Å². The van der Waals surface area contributed by atoms with Gasteiger partial charge in [0.15, 0.2) is 0 Å². The Morgan fingerprint density at radius 2 is 1.43 bits per heavy atom. The molecular formula is C20H18Cl2F2O6. The number of hydrogen-bond donors (Lipinski definition) is 6. The predicted octanol–water partition coefficient (Wildman–Crippen LogP) is 1.07.